The molecule has 1 amide bonds. The first-order valence-corrected chi connectivity index (χ1v) is 12.6. The molecule has 3 heterocycles. The van der Waals surface area contributed by atoms with Crippen molar-refractivity contribution in [3.63, 3.8) is 0 Å². The van der Waals surface area contributed by atoms with Crippen LogP contribution in [0, 0.1) is 11.6 Å². The van der Waals surface area contributed by atoms with Crippen LogP contribution in [-0.4, -0.2) is 86.1 Å². The molecule has 3 N–H and O–H groups in total. The van der Waals surface area contributed by atoms with Gasteiger partial charge in [0.2, 0.25) is 0 Å². The van der Waals surface area contributed by atoms with Crippen molar-refractivity contribution in [2.45, 2.75) is 6.42 Å². The first-order chi connectivity index (χ1) is 18.2. The molecule has 200 valence electrons. The number of hydrogen-bond acceptors (Lipinski definition) is 7. The van der Waals surface area contributed by atoms with Gasteiger partial charge in [0.15, 0.2) is 0 Å². The Bertz CT molecular complexity index is 1480. The number of aromatic amines is 1. The van der Waals surface area contributed by atoms with Crippen LogP contribution < -0.4 is 21.1 Å². The van der Waals surface area contributed by atoms with Gasteiger partial charge in [-0.05, 0) is 64.5 Å². The number of hydrogen-bond donors (Lipinski definition) is 3. The summed E-state index contributed by atoms with van der Waals surface area (Å²) in [6.07, 6.45) is 2.23. The van der Waals surface area contributed by atoms with Crippen LogP contribution in [0.5, 0.6) is 0 Å². The molecular weight excluding hydrogens is 492 g/mol. The molecule has 2 aromatic carbocycles. The highest BCUT2D eigenvalue weighted by atomic mass is 19.1. The summed E-state index contributed by atoms with van der Waals surface area (Å²) in [6, 6.07) is 5.64. The lowest BCUT2D eigenvalue weighted by molar-refractivity contribution is -0.110. The van der Waals surface area contributed by atoms with E-state index in [1.165, 1.54) is 18.2 Å². The fraction of sp³-hybridized carbons (Fsp3) is 0.370. The fourth-order valence-electron chi connectivity index (χ4n) is 4.77. The van der Waals surface area contributed by atoms with Gasteiger partial charge in [0, 0.05) is 38.3 Å². The molecule has 9 nitrogen and oxygen atoms in total. The Hall–Kier alpha value is -3.83. The van der Waals surface area contributed by atoms with Gasteiger partial charge < -0.3 is 30.3 Å². The minimum absolute atomic E-state index is 0.0997. The normalized spacial score (nSPS) is 16.9. The molecule has 2 aliphatic heterocycles. The lowest BCUT2D eigenvalue weighted by atomic mass is 10.0. The molecule has 0 spiro atoms. The van der Waals surface area contributed by atoms with Crippen molar-refractivity contribution in [2.75, 3.05) is 75.9 Å². The van der Waals surface area contributed by atoms with E-state index in [9.17, 15) is 14.0 Å². The lowest BCUT2D eigenvalue weighted by Gasteiger charge is -2.34. The summed E-state index contributed by atoms with van der Waals surface area (Å²) >= 11 is 0. The SMILES string of the molecule is CN(C)CCCNc1cc2nc(/C=C3\C(=O)Nc4cc(N5CCN(C)CC5)c(F)cc43)[nH]c(=O)c2cc1F. The van der Waals surface area contributed by atoms with E-state index in [1.54, 1.807) is 6.07 Å². The number of carbonyl (C=O) groups is 1. The highest BCUT2D eigenvalue weighted by molar-refractivity contribution is 6.35. The molecule has 3 aromatic rings. The summed E-state index contributed by atoms with van der Waals surface area (Å²) < 4.78 is 29.7. The van der Waals surface area contributed by atoms with E-state index in [0.717, 1.165) is 32.1 Å². The average molecular weight is 524 g/mol. The number of H-pyrrole nitrogens is 1. The van der Waals surface area contributed by atoms with Crippen molar-refractivity contribution >= 4 is 45.5 Å². The summed E-state index contributed by atoms with van der Waals surface area (Å²) in [5.41, 5.74) is 1.54. The third kappa shape index (κ3) is 5.25. The van der Waals surface area contributed by atoms with Crippen LogP contribution in [0.4, 0.5) is 25.8 Å². The van der Waals surface area contributed by atoms with Crippen LogP contribution in [0.2, 0.25) is 0 Å². The van der Waals surface area contributed by atoms with Gasteiger partial charge in [-0.3, -0.25) is 9.59 Å². The maximum Gasteiger partial charge on any atom is 0.259 e. The minimum atomic E-state index is -0.545. The van der Waals surface area contributed by atoms with Crippen LogP contribution in [0.25, 0.3) is 22.6 Å². The molecule has 38 heavy (non-hydrogen) atoms. The number of halogens is 2. The number of nitrogens with zero attached hydrogens (tertiary/aromatic N) is 4. The third-order valence-corrected chi connectivity index (χ3v) is 6.91. The second kappa shape index (κ2) is 10.5. The summed E-state index contributed by atoms with van der Waals surface area (Å²) in [4.78, 5) is 38.8. The van der Waals surface area contributed by atoms with Crippen molar-refractivity contribution in [2.24, 2.45) is 0 Å². The first-order valence-electron chi connectivity index (χ1n) is 12.6. The van der Waals surface area contributed by atoms with Crippen LogP contribution in [-0.2, 0) is 4.79 Å². The summed E-state index contributed by atoms with van der Waals surface area (Å²) in [5, 5.41) is 5.95. The number of fused-ring (bicyclic) bond motifs is 2. The molecule has 0 radical (unpaired) electrons. The Morgan fingerprint density at radius 1 is 1.08 bits per heavy atom. The number of amides is 1. The molecule has 0 atom stereocenters. The number of rotatable bonds is 7. The predicted octanol–water partition coefficient (Wildman–Crippen LogP) is 2.81. The van der Waals surface area contributed by atoms with Crippen LogP contribution in [0.3, 0.4) is 0 Å². The smallest absolute Gasteiger partial charge is 0.259 e. The van der Waals surface area contributed by atoms with Crippen LogP contribution >= 0.6 is 0 Å². The number of anilines is 3. The number of benzene rings is 2. The van der Waals surface area contributed by atoms with Crippen molar-refractivity contribution in [1.82, 2.24) is 19.8 Å². The number of aromatic nitrogens is 2. The largest absolute Gasteiger partial charge is 0.383 e. The van der Waals surface area contributed by atoms with Crippen molar-refractivity contribution in [3.05, 3.63) is 57.6 Å². The highest BCUT2D eigenvalue weighted by Crippen LogP contribution is 2.37. The minimum Gasteiger partial charge on any atom is -0.383 e. The number of carbonyl (C=O) groups excluding carboxylic acids is 1. The molecule has 1 aromatic heterocycles. The molecular formula is C27H31F2N7O2. The first kappa shape index (κ1) is 25.8. The lowest BCUT2D eigenvalue weighted by Crippen LogP contribution is -2.44. The van der Waals surface area contributed by atoms with E-state index in [0.29, 0.717) is 36.6 Å². The highest BCUT2D eigenvalue weighted by Gasteiger charge is 2.28. The summed E-state index contributed by atoms with van der Waals surface area (Å²) in [5.74, 6) is -1.26. The maximum atomic E-state index is 15.2. The van der Waals surface area contributed by atoms with Gasteiger partial charge in [-0.2, -0.15) is 0 Å². The number of likely N-dealkylation sites (N-methyl/N-ethyl adjacent to an activating group) is 1. The Labute approximate surface area is 219 Å². The Morgan fingerprint density at radius 2 is 1.84 bits per heavy atom. The van der Waals surface area contributed by atoms with Crippen molar-refractivity contribution < 1.29 is 13.6 Å². The topological polar surface area (TPSA) is 96.6 Å². The zero-order valence-corrected chi connectivity index (χ0v) is 21.7. The summed E-state index contributed by atoms with van der Waals surface area (Å²) in [6.45, 7) is 4.44. The molecule has 1 saturated heterocycles. The third-order valence-electron chi connectivity index (χ3n) is 6.91. The van der Waals surface area contributed by atoms with E-state index >= 15 is 4.39 Å². The van der Waals surface area contributed by atoms with Gasteiger partial charge in [-0.25, -0.2) is 13.8 Å². The Kier molecular flexibility index (Phi) is 7.13. The van der Waals surface area contributed by atoms with Gasteiger partial charge in [0.25, 0.3) is 11.5 Å². The zero-order valence-electron chi connectivity index (χ0n) is 21.7. The average Bonchev–Trinajstić information content (AvgIpc) is 3.16. The fourth-order valence-corrected chi connectivity index (χ4v) is 4.77. The molecule has 2 aliphatic rings. The van der Waals surface area contributed by atoms with Gasteiger partial charge in [0.05, 0.1) is 33.5 Å². The second-order valence-corrected chi connectivity index (χ2v) is 10.0. The monoisotopic (exact) mass is 523 g/mol. The van der Waals surface area contributed by atoms with E-state index in [-0.39, 0.29) is 28.0 Å². The van der Waals surface area contributed by atoms with Gasteiger partial charge in [0.1, 0.15) is 17.5 Å². The molecule has 0 saturated carbocycles. The van der Waals surface area contributed by atoms with Crippen LogP contribution in [0.1, 0.15) is 17.8 Å². The van der Waals surface area contributed by atoms with Crippen LogP contribution in [0.15, 0.2) is 29.1 Å². The number of piperazine rings is 1. The molecule has 5 rings (SSSR count). The van der Waals surface area contributed by atoms with E-state index in [1.807, 2.05) is 30.9 Å². The standard InChI is InChI=1S/C27H31F2N7O2/c1-34(2)6-4-5-30-23-14-21-18(12-19(23)28)27(38)33-25(31-21)13-17-16-11-20(29)24(15-22(16)32-26(17)37)36-9-7-35(3)8-10-36/h11-15,30H,4-10H2,1-3H3,(H,32,37)(H,31,33,38)/b17-13-. The second-order valence-electron chi connectivity index (χ2n) is 10.0. The van der Waals surface area contributed by atoms with E-state index in [2.05, 4.69) is 25.5 Å². The molecule has 11 heteroatoms. The predicted molar refractivity (Wildman–Crippen MR) is 147 cm³/mol. The van der Waals surface area contributed by atoms with E-state index in [4.69, 9.17) is 0 Å². The van der Waals surface area contributed by atoms with Crippen molar-refractivity contribution in [3.8, 4) is 0 Å². The number of nitrogens with one attached hydrogen (secondary N) is 3. The maximum absolute atomic E-state index is 15.2. The Balaban J connectivity index is 1.45. The Morgan fingerprint density at radius 3 is 2.58 bits per heavy atom. The van der Waals surface area contributed by atoms with E-state index < -0.39 is 23.1 Å². The molecule has 0 unspecified atom stereocenters. The molecule has 0 bridgehead atoms. The van der Waals surface area contributed by atoms with Gasteiger partial charge in [-0.1, -0.05) is 0 Å². The zero-order chi connectivity index (χ0) is 27.0. The molecule has 1 fully saturated rings. The summed E-state index contributed by atoms with van der Waals surface area (Å²) in [7, 11) is 5.96. The molecule has 0 aliphatic carbocycles. The van der Waals surface area contributed by atoms with Gasteiger partial charge in [-0.15, -0.1) is 0 Å². The van der Waals surface area contributed by atoms with Crippen molar-refractivity contribution in [1.29, 1.82) is 0 Å². The quantitative estimate of drug-likeness (QED) is 0.324. The van der Waals surface area contributed by atoms with Gasteiger partial charge >= 0.3 is 0 Å².